The number of rotatable bonds is 4. The molecule has 3 aliphatic heterocycles. The summed E-state index contributed by atoms with van der Waals surface area (Å²) in [6, 6.07) is 0.757. The van der Waals surface area contributed by atoms with E-state index in [0.29, 0.717) is 5.54 Å². The van der Waals surface area contributed by atoms with Gasteiger partial charge in [-0.2, -0.15) is 0 Å². The quantitative estimate of drug-likeness (QED) is 0.794. The second kappa shape index (κ2) is 6.92. The summed E-state index contributed by atoms with van der Waals surface area (Å²) < 4.78 is 5.48. The van der Waals surface area contributed by atoms with Crippen LogP contribution in [-0.2, 0) is 4.74 Å². The maximum absolute atomic E-state index is 5.48. The summed E-state index contributed by atoms with van der Waals surface area (Å²) in [6.45, 7) is 17.3. The molecule has 3 saturated heterocycles. The van der Waals surface area contributed by atoms with Crippen molar-refractivity contribution < 1.29 is 4.74 Å². The molecule has 0 radical (unpaired) electrons. The molecule has 3 aliphatic rings. The molecule has 5 nitrogen and oxygen atoms in total. The molecule has 3 rings (SSSR count). The Morgan fingerprint density at radius 2 is 1.76 bits per heavy atom. The molecule has 0 aromatic rings. The van der Waals surface area contributed by atoms with Gasteiger partial charge in [0.15, 0.2) is 0 Å². The minimum Gasteiger partial charge on any atom is -0.379 e. The Hall–Kier alpha value is -0.200. The number of morpholine rings is 1. The number of nitrogens with zero attached hydrogens (tertiary/aromatic N) is 3. The van der Waals surface area contributed by atoms with Crippen LogP contribution in [0.4, 0.5) is 0 Å². The van der Waals surface area contributed by atoms with Crippen molar-refractivity contribution in [3.8, 4) is 0 Å². The summed E-state index contributed by atoms with van der Waals surface area (Å²) in [5.74, 6) is 0. The number of likely N-dealkylation sites (tertiary alicyclic amines) is 1. The summed E-state index contributed by atoms with van der Waals surface area (Å²) in [4.78, 5) is 7.98. The average molecular weight is 296 g/mol. The summed E-state index contributed by atoms with van der Waals surface area (Å²) in [5.41, 5.74) is 0.294. The molecule has 0 amide bonds. The van der Waals surface area contributed by atoms with Gasteiger partial charge in [-0.05, 0) is 26.8 Å². The smallest absolute Gasteiger partial charge is 0.0594 e. The number of hydrogen-bond donors (Lipinski definition) is 1. The molecule has 21 heavy (non-hydrogen) atoms. The Morgan fingerprint density at radius 1 is 1.05 bits per heavy atom. The molecular formula is C16H32N4O. The van der Waals surface area contributed by atoms with Crippen LogP contribution in [0.15, 0.2) is 0 Å². The highest BCUT2D eigenvalue weighted by molar-refractivity contribution is 4.92. The average Bonchev–Trinajstić information content (AvgIpc) is 2.97. The van der Waals surface area contributed by atoms with Crippen LogP contribution in [0.2, 0.25) is 0 Å². The third kappa shape index (κ3) is 3.96. The van der Waals surface area contributed by atoms with Crippen LogP contribution < -0.4 is 5.32 Å². The van der Waals surface area contributed by atoms with Crippen molar-refractivity contribution in [3.05, 3.63) is 0 Å². The van der Waals surface area contributed by atoms with Gasteiger partial charge < -0.3 is 10.1 Å². The van der Waals surface area contributed by atoms with Crippen LogP contribution in [0.5, 0.6) is 0 Å². The first-order valence-corrected chi connectivity index (χ1v) is 8.65. The van der Waals surface area contributed by atoms with Crippen LogP contribution in [0.3, 0.4) is 0 Å². The minimum absolute atomic E-state index is 0.294. The van der Waals surface area contributed by atoms with Crippen molar-refractivity contribution in [3.63, 3.8) is 0 Å². The minimum atomic E-state index is 0.294. The second-order valence-electron chi connectivity index (χ2n) is 7.38. The van der Waals surface area contributed by atoms with Gasteiger partial charge in [0.05, 0.1) is 13.2 Å². The first-order chi connectivity index (χ1) is 10.1. The zero-order valence-corrected chi connectivity index (χ0v) is 13.8. The normalized spacial score (nSPS) is 30.9. The molecule has 0 aliphatic carbocycles. The molecule has 3 fully saturated rings. The lowest BCUT2D eigenvalue weighted by molar-refractivity contribution is 0.0162. The van der Waals surface area contributed by atoms with Crippen molar-refractivity contribution in [2.24, 2.45) is 0 Å². The van der Waals surface area contributed by atoms with Gasteiger partial charge in [0.1, 0.15) is 0 Å². The highest BCUT2D eigenvalue weighted by atomic mass is 16.5. The van der Waals surface area contributed by atoms with Crippen molar-refractivity contribution in [2.75, 3.05) is 72.1 Å². The van der Waals surface area contributed by atoms with Gasteiger partial charge in [0.25, 0.3) is 0 Å². The predicted molar refractivity (Wildman–Crippen MR) is 85.8 cm³/mol. The topological polar surface area (TPSA) is 31.0 Å². The Labute approximate surface area is 129 Å². The van der Waals surface area contributed by atoms with E-state index in [2.05, 4.69) is 33.9 Å². The Kier molecular flexibility index (Phi) is 5.17. The van der Waals surface area contributed by atoms with Crippen LogP contribution >= 0.6 is 0 Å². The zero-order chi connectivity index (χ0) is 14.7. The Bertz CT molecular complexity index is 324. The van der Waals surface area contributed by atoms with Crippen LogP contribution in [-0.4, -0.2) is 98.4 Å². The van der Waals surface area contributed by atoms with E-state index < -0.39 is 0 Å². The van der Waals surface area contributed by atoms with Gasteiger partial charge in [-0.15, -0.1) is 0 Å². The van der Waals surface area contributed by atoms with Gasteiger partial charge >= 0.3 is 0 Å². The van der Waals surface area contributed by atoms with E-state index in [-0.39, 0.29) is 0 Å². The summed E-state index contributed by atoms with van der Waals surface area (Å²) in [6.07, 6.45) is 1.33. The summed E-state index contributed by atoms with van der Waals surface area (Å²) in [7, 11) is 0. The predicted octanol–water partition coefficient (Wildman–Crippen LogP) is 0.0767. The fourth-order valence-corrected chi connectivity index (χ4v) is 4.11. The highest BCUT2D eigenvalue weighted by Crippen LogP contribution is 2.22. The fraction of sp³-hybridized carbons (Fsp3) is 1.00. The van der Waals surface area contributed by atoms with Gasteiger partial charge in [-0.3, -0.25) is 14.7 Å². The van der Waals surface area contributed by atoms with E-state index in [1.54, 1.807) is 0 Å². The molecule has 0 saturated carbocycles. The summed E-state index contributed by atoms with van der Waals surface area (Å²) in [5, 5.41) is 3.46. The molecule has 0 bridgehead atoms. The lowest BCUT2D eigenvalue weighted by atomic mass is 10.0. The van der Waals surface area contributed by atoms with E-state index in [9.17, 15) is 0 Å². The monoisotopic (exact) mass is 296 g/mol. The van der Waals surface area contributed by atoms with Gasteiger partial charge in [0, 0.05) is 63.9 Å². The second-order valence-corrected chi connectivity index (χ2v) is 7.38. The van der Waals surface area contributed by atoms with Crippen molar-refractivity contribution in [2.45, 2.75) is 31.8 Å². The van der Waals surface area contributed by atoms with Crippen molar-refractivity contribution in [1.29, 1.82) is 0 Å². The van der Waals surface area contributed by atoms with E-state index in [0.717, 1.165) is 45.4 Å². The maximum atomic E-state index is 5.48. The fourth-order valence-electron chi connectivity index (χ4n) is 4.11. The number of ether oxygens (including phenoxy) is 1. The largest absolute Gasteiger partial charge is 0.379 e. The molecule has 1 unspecified atom stereocenters. The maximum Gasteiger partial charge on any atom is 0.0594 e. The molecule has 0 spiro atoms. The SMILES string of the molecule is CC(C)(CN1CCC(N2CCOCC2)C1)N1CCNCC1. The lowest BCUT2D eigenvalue weighted by Gasteiger charge is -2.43. The van der Waals surface area contributed by atoms with E-state index in [4.69, 9.17) is 4.74 Å². The molecule has 0 aromatic carbocycles. The Morgan fingerprint density at radius 3 is 2.48 bits per heavy atom. The molecule has 5 heteroatoms. The lowest BCUT2D eigenvalue weighted by Crippen LogP contribution is -2.57. The van der Waals surface area contributed by atoms with E-state index in [1.807, 2.05) is 0 Å². The molecule has 1 N–H and O–H groups in total. The van der Waals surface area contributed by atoms with Crippen molar-refractivity contribution in [1.82, 2.24) is 20.0 Å². The first kappa shape index (κ1) is 15.7. The van der Waals surface area contributed by atoms with E-state index >= 15 is 0 Å². The third-order valence-electron chi connectivity index (χ3n) is 5.39. The molecule has 122 valence electrons. The molecular weight excluding hydrogens is 264 g/mol. The van der Waals surface area contributed by atoms with E-state index in [1.165, 1.54) is 39.1 Å². The molecule has 3 heterocycles. The molecule has 1 atom stereocenters. The van der Waals surface area contributed by atoms with Gasteiger partial charge in [-0.1, -0.05) is 0 Å². The van der Waals surface area contributed by atoms with Gasteiger partial charge in [-0.25, -0.2) is 0 Å². The standard InChI is InChI=1S/C16H32N4O/c1-16(2,20-7-4-17-5-8-20)14-18-6-3-15(13-18)19-9-11-21-12-10-19/h15,17H,3-14H2,1-2H3. The van der Waals surface area contributed by atoms with Crippen LogP contribution in [0.1, 0.15) is 20.3 Å². The number of nitrogens with one attached hydrogen (secondary N) is 1. The zero-order valence-electron chi connectivity index (χ0n) is 13.8. The highest BCUT2D eigenvalue weighted by Gasteiger charge is 2.34. The number of piperazine rings is 1. The third-order valence-corrected chi connectivity index (χ3v) is 5.39. The number of hydrogen-bond acceptors (Lipinski definition) is 5. The summed E-state index contributed by atoms with van der Waals surface area (Å²) >= 11 is 0. The first-order valence-electron chi connectivity index (χ1n) is 8.65. The Balaban J connectivity index is 1.49. The van der Waals surface area contributed by atoms with Gasteiger partial charge in [0.2, 0.25) is 0 Å². The van der Waals surface area contributed by atoms with Crippen molar-refractivity contribution >= 4 is 0 Å². The van der Waals surface area contributed by atoms with Crippen LogP contribution in [0.25, 0.3) is 0 Å². The molecule has 0 aromatic heterocycles. The van der Waals surface area contributed by atoms with Crippen LogP contribution in [0, 0.1) is 0 Å².